The first kappa shape index (κ1) is 13.5. The molecule has 1 aromatic carbocycles. The average Bonchev–Trinajstić information content (AvgIpc) is 2.60. The minimum atomic E-state index is 0.921. The lowest BCUT2D eigenvalue weighted by Crippen LogP contribution is -1.83. The Bertz CT molecular complexity index is 441. The summed E-state index contributed by atoms with van der Waals surface area (Å²) in [7, 11) is 0. The van der Waals surface area contributed by atoms with Crippen molar-refractivity contribution in [3.05, 3.63) is 59.2 Å². The Hall–Kier alpha value is -1.61. The number of hydrogen-bond donors (Lipinski definition) is 1. The van der Waals surface area contributed by atoms with Crippen LogP contribution < -0.4 is 5.32 Å². The van der Waals surface area contributed by atoms with E-state index in [-0.39, 0.29) is 0 Å². The van der Waals surface area contributed by atoms with Crippen molar-refractivity contribution in [3.8, 4) is 0 Å². The molecule has 0 spiro atoms. The van der Waals surface area contributed by atoms with Gasteiger partial charge in [0.1, 0.15) is 0 Å². The second-order valence-electron chi connectivity index (χ2n) is 3.66. The Morgan fingerprint density at radius 2 is 1.82 bits per heavy atom. The van der Waals surface area contributed by atoms with Crippen molar-refractivity contribution in [3.63, 3.8) is 0 Å². The van der Waals surface area contributed by atoms with Crippen LogP contribution >= 0.6 is 11.3 Å². The highest BCUT2D eigenvalue weighted by Crippen LogP contribution is 2.20. The van der Waals surface area contributed by atoms with E-state index < -0.39 is 0 Å². The molecule has 0 aliphatic rings. The van der Waals surface area contributed by atoms with Gasteiger partial charge in [-0.1, -0.05) is 42.5 Å². The zero-order valence-electron chi connectivity index (χ0n) is 10.5. The molecule has 1 N–H and O–H groups in total. The SMILES string of the molecule is C=CNc1nc(C)c(C)s1.Cc1ccccc1. The van der Waals surface area contributed by atoms with E-state index in [9.17, 15) is 0 Å². The number of nitrogens with zero attached hydrogens (tertiary/aromatic N) is 1. The maximum Gasteiger partial charge on any atom is 0.187 e. The zero-order valence-corrected chi connectivity index (χ0v) is 11.3. The van der Waals surface area contributed by atoms with Gasteiger partial charge in [-0.25, -0.2) is 4.98 Å². The van der Waals surface area contributed by atoms with Gasteiger partial charge in [0.05, 0.1) is 5.69 Å². The molecule has 2 nitrogen and oxygen atoms in total. The monoisotopic (exact) mass is 246 g/mol. The molecule has 90 valence electrons. The second-order valence-corrected chi connectivity index (χ2v) is 4.87. The minimum absolute atomic E-state index is 0.921. The third-order valence-electron chi connectivity index (χ3n) is 2.19. The molecule has 0 saturated heterocycles. The molecule has 0 unspecified atom stereocenters. The predicted octanol–water partition coefficient (Wildman–Crippen LogP) is 4.31. The lowest BCUT2D eigenvalue weighted by molar-refractivity contribution is 1.23. The molecule has 0 atom stereocenters. The maximum absolute atomic E-state index is 4.24. The van der Waals surface area contributed by atoms with Gasteiger partial charge in [0.25, 0.3) is 0 Å². The topological polar surface area (TPSA) is 24.9 Å². The number of benzene rings is 1. The third-order valence-corrected chi connectivity index (χ3v) is 3.20. The highest BCUT2D eigenvalue weighted by molar-refractivity contribution is 7.15. The van der Waals surface area contributed by atoms with Gasteiger partial charge in [-0.3, -0.25) is 0 Å². The van der Waals surface area contributed by atoms with Crippen LogP contribution in [0.15, 0.2) is 43.1 Å². The molecule has 0 fully saturated rings. The quantitative estimate of drug-likeness (QED) is 0.854. The Kier molecular flexibility index (Phi) is 5.43. The second kappa shape index (κ2) is 6.86. The first-order valence-electron chi connectivity index (χ1n) is 5.46. The Morgan fingerprint density at radius 3 is 2.18 bits per heavy atom. The number of thiazole rings is 1. The van der Waals surface area contributed by atoms with Crippen molar-refractivity contribution >= 4 is 16.5 Å². The largest absolute Gasteiger partial charge is 0.339 e. The van der Waals surface area contributed by atoms with Gasteiger partial charge in [-0.2, -0.15) is 0 Å². The van der Waals surface area contributed by atoms with Crippen molar-refractivity contribution in [2.75, 3.05) is 5.32 Å². The minimum Gasteiger partial charge on any atom is -0.339 e. The van der Waals surface area contributed by atoms with Crippen LogP contribution in [0.3, 0.4) is 0 Å². The van der Waals surface area contributed by atoms with Gasteiger partial charge in [0.15, 0.2) is 5.13 Å². The number of aromatic nitrogens is 1. The lowest BCUT2D eigenvalue weighted by Gasteiger charge is -1.87. The van der Waals surface area contributed by atoms with E-state index >= 15 is 0 Å². The molecule has 1 heterocycles. The fourth-order valence-corrected chi connectivity index (χ4v) is 1.96. The highest BCUT2D eigenvalue weighted by Gasteiger charge is 1.99. The summed E-state index contributed by atoms with van der Waals surface area (Å²) in [5, 5.41) is 3.86. The fraction of sp³-hybridized carbons (Fsp3) is 0.214. The van der Waals surface area contributed by atoms with Gasteiger partial charge in [0.2, 0.25) is 0 Å². The van der Waals surface area contributed by atoms with Crippen LogP contribution in [0.1, 0.15) is 16.1 Å². The van der Waals surface area contributed by atoms with Crippen molar-refractivity contribution in [1.82, 2.24) is 4.98 Å². The number of aryl methyl sites for hydroxylation is 3. The molecule has 0 aliphatic carbocycles. The molecule has 2 aromatic rings. The van der Waals surface area contributed by atoms with Gasteiger partial charge in [0, 0.05) is 4.88 Å². The third kappa shape index (κ3) is 4.83. The van der Waals surface area contributed by atoms with Crippen molar-refractivity contribution in [2.24, 2.45) is 0 Å². The molecule has 1 aromatic heterocycles. The average molecular weight is 246 g/mol. The first-order valence-corrected chi connectivity index (χ1v) is 6.28. The molecular formula is C14H18N2S. The van der Waals surface area contributed by atoms with E-state index in [0.29, 0.717) is 0 Å². The Balaban J connectivity index is 0.000000181. The van der Waals surface area contributed by atoms with Gasteiger partial charge >= 0.3 is 0 Å². The van der Waals surface area contributed by atoms with Crippen LogP contribution in [0.4, 0.5) is 5.13 Å². The summed E-state index contributed by atoms with van der Waals surface area (Å²) in [6.07, 6.45) is 1.64. The molecule has 0 bridgehead atoms. The van der Waals surface area contributed by atoms with Crippen LogP contribution in [-0.4, -0.2) is 4.98 Å². The predicted molar refractivity (Wildman–Crippen MR) is 76.6 cm³/mol. The normalized spacial score (nSPS) is 9.12. The number of rotatable bonds is 2. The summed E-state index contributed by atoms with van der Waals surface area (Å²) in [5.74, 6) is 0. The summed E-state index contributed by atoms with van der Waals surface area (Å²) in [5.41, 5.74) is 2.41. The maximum atomic E-state index is 4.24. The number of anilines is 1. The van der Waals surface area contributed by atoms with Crippen molar-refractivity contribution in [2.45, 2.75) is 20.8 Å². The first-order chi connectivity index (χ1) is 8.13. The van der Waals surface area contributed by atoms with Gasteiger partial charge in [-0.05, 0) is 27.0 Å². The molecule has 0 saturated carbocycles. The van der Waals surface area contributed by atoms with E-state index in [4.69, 9.17) is 0 Å². The molecule has 0 aliphatic heterocycles. The van der Waals surface area contributed by atoms with E-state index in [1.165, 1.54) is 10.4 Å². The molecule has 0 amide bonds. The molecule has 0 radical (unpaired) electrons. The van der Waals surface area contributed by atoms with Gasteiger partial charge < -0.3 is 5.32 Å². The smallest absolute Gasteiger partial charge is 0.187 e. The molecular weight excluding hydrogens is 228 g/mol. The van der Waals surface area contributed by atoms with Crippen LogP contribution in [-0.2, 0) is 0 Å². The standard InChI is InChI=1S/C7H10N2S.C7H8/c1-4-8-7-9-5(2)6(3)10-7;1-7-5-3-2-4-6-7/h4H,1H2,2-3H3,(H,8,9);2-6H,1H3. The molecule has 17 heavy (non-hydrogen) atoms. The summed E-state index contributed by atoms with van der Waals surface area (Å²) >= 11 is 1.65. The Morgan fingerprint density at radius 1 is 1.18 bits per heavy atom. The molecule has 3 heteroatoms. The van der Waals surface area contributed by atoms with Gasteiger partial charge in [-0.15, -0.1) is 11.3 Å². The van der Waals surface area contributed by atoms with Crippen LogP contribution in [0.2, 0.25) is 0 Å². The van der Waals surface area contributed by atoms with E-state index in [1.807, 2.05) is 25.1 Å². The summed E-state index contributed by atoms with van der Waals surface area (Å²) in [6.45, 7) is 9.69. The van der Waals surface area contributed by atoms with Crippen LogP contribution in [0.25, 0.3) is 0 Å². The highest BCUT2D eigenvalue weighted by atomic mass is 32.1. The fourth-order valence-electron chi connectivity index (χ4n) is 1.16. The van der Waals surface area contributed by atoms with Crippen LogP contribution in [0.5, 0.6) is 0 Å². The number of hydrogen-bond acceptors (Lipinski definition) is 3. The van der Waals surface area contributed by atoms with E-state index in [0.717, 1.165) is 10.8 Å². The molecule has 2 rings (SSSR count). The zero-order chi connectivity index (χ0) is 12.7. The lowest BCUT2D eigenvalue weighted by atomic mass is 10.2. The summed E-state index contributed by atoms with van der Waals surface area (Å²) < 4.78 is 0. The van der Waals surface area contributed by atoms with Crippen molar-refractivity contribution in [1.29, 1.82) is 0 Å². The van der Waals surface area contributed by atoms with E-state index in [2.05, 4.69) is 42.9 Å². The summed E-state index contributed by atoms with van der Waals surface area (Å²) in [6, 6.07) is 10.3. The Labute approximate surface area is 107 Å². The number of nitrogens with one attached hydrogen (secondary N) is 1. The summed E-state index contributed by atoms with van der Waals surface area (Å²) in [4.78, 5) is 5.49. The van der Waals surface area contributed by atoms with Crippen LogP contribution in [0, 0.1) is 20.8 Å². The van der Waals surface area contributed by atoms with Crippen molar-refractivity contribution < 1.29 is 0 Å². The van der Waals surface area contributed by atoms with E-state index in [1.54, 1.807) is 17.5 Å².